The van der Waals surface area contributed by atoms with Crippen molar-refractivity contribution in [1.82, 2.24) is 15.1 Å². The molecule has 3 unspecified atom stereocenters. The molecule has 118 valence electrons. The number of nitrogens with zero attached hydrogens (tertiary/aromatic N) is 2. The van der Waals surface area contributed by atoms with E-state index in [1.807, 2.05) is 11.7 Å². The second-order valence-electron chi connectivity index (χ2n) is 7.75. The molecular weight excluding hydrogens is 258 g/mol. The number of aryl methyl sites for hydroxylation is 1. The average Bonchev–Trinajstić information content (AvgIpc) is 3.19. The molecule has 1 aromatic rings. The molecule has 2 fully saturated rings. The van der Waals surface area contributed by atoms with Gasteiger partial charge in [-0.3, -0.25) is 4.68 Å². The highest BCUT2D eigenvalue weighted by atomic mass is 15.2. The number of rotatable bonds is 6. The summed E-state index contributed by atoms with van der Waals surface area (Å²) in [6.07, 6.45) is 12.5. The van der Waals surface area contributed by atoms with Crippen LogP contribution < -0.4 is 5.32 Å². The molecule has 0 spiro atoms. The highest BCUT2D eigenvalue weighted by Gasteiger charge is 2.33. The van der Waals surface area contributed by atoms with E-state index in [2.05, 4.69) is 36.7 Å². The van der Waals surface area contributed by atoms with Crippen molar-refractivity contribution in [1.29, 1.82) is 0 Å². The van der Waals surface area contributed by atoms with Gasteiger partial charge in [0.15, 0.2) is 0 Å². The fourth-order valence-corrected chi connectivity index (χ4v) is 3.97. The minimum Gasteiger partial charge on any atom is -0.314 e. The van der Waals surface area contributed by atoms with Crippen molar-refractivity contribution in [2.75, 3.05) is 6.54 Å². The molecule has 1 N–H and O–H groups in total. The fourth-order valence-electron chi connectivity index (χ4n) is 3.97. The van der Waals surface area contributed by atoms with Gasteiger partial charge in [0.05, 0.1) is 6.20 Å². The van der Waals surface area contributed by atoms with E-state index in [4.69, 9.17) is 0 Å². The van der Waals surface area contributed by atoms with E-state index in [1.54, 1.807) is 0 Å². The quantitative estimate of drug-likeness (QED) is 0.870. The highest BCUT2D eigenvalue weighted by molar-refractivity contribution is 5.06. The van der Waals surface area contributed by atoms with Gasteiger partial charge in [0.1, 0.15) is 0 Å². The van der Waals surface area contributed by atoms with Crippen LogP contribution in [0.2, 0.25) is 0 Å². The van der Waals surface area contributed by atoms with Crippen LogP contribution in [0.4, 0.5) is 0 Å². The molecule has 2 aliphatic carbocycles. The van der Waals surface area contributed by atoms with Crippen LogP contribution in [0, 0.1) is 23.7 Å². The SMILES string of the molecule is CC(C)C1CCC(CNC2CC2)C(Cc2cnn(C)c2)C1. The van der Waals surface area contributed by atoms with Crippen LogP contribution in [0.15, 0.2) is 12.4 Å². The van der Waals surface area contributed by atoms with Gasteiger partial charge in [-0.05, 0) is 74.3 Å². The molecule has 0 radical (unpaired) electrons. The lowest BCUT2D eigenvalue weighted by Crippen LogP contribution is -2.36. The van der Waals surface area contributed by atoms with Crippen molar-refractivity contribution in [3.8, 4) is 0 Å². The third-order valence-electron chi connectivity index (χ3n) is 5.63. The largest absolute Gasteiger partial charge is 0.314 e. The molecule has 0 bridgehead atoms. The van der Waals surface area contributed by atoms with Crippen molar-refractivity contribution in [3.63, 3.8) is 0 Å². The average molecular weight is 289 g/mol. The minimum absolute atomic E-state index is 0.832. The normalized spacial score (nSPS) is 30.0. The fraction of sp³-hybridized carbons (Fsp3) is 0.833. The molecule has 3 heteroatoms. The third kappa shape index (κ3) is 4.09. The smallest absolute Gasteiger partial charge is 0.0521 e. The molecule has 0 amide bonds. The zero-order valence-corrected chi connectivity index (χ0v) is 13.9. The molecule has 2 saturated carbocycles. The Kier molecular flexibility index (Phi) is 4.68. The van der Waals surface area contributed by atoms with Crippen molar-refractivity contribution in [3.05, 3.63) is 18.0 Å². The number of hydrogen-bond donors (Lipinski definition) is 1. The highest BCUT2D eigenvalue weighted by Crippen LogP contribution is 2.39. The van der Waals surface area contributed by atoms with Crippen molar-refractivity contribution < 1.29 is 0 Å². The molecule has 0 aliphatic heterocycles. The molecule has 3 nitrogen and oxygen atoms in total. The van der Waals surface area contributed by atoms with Gasteiger partial charge in [0.2, 0.25) is 0 Å². The van der Waals surface area contributed by atoms with Gasteiger partial charge in [-0.2, -0.15) is 5.10 Å². The van der Waals surface area contributed by atoms with Crippen LogP contribution in [-0.4, -0.2) is 22.4 Å². The Balaban J connectivity index is 1.62. The first kappa shape index (κ1) is 15.1. The second kappa shape index (κ2) is 6.51. The molecule has 2 aliphatic rings. The van der Waals surface area contributed by atoms with Gasteiger partial charge in [-0.1, -0.05) is 13.8 Å². The Morgan fingerprint density at radius 1 is 1.24 bits per heavy atom. The summed E-state index contributed by atoms with van der Waals surface area (Å²) in [6.45, 7) is 6.03. The van der Waals surface area contributed by atoms with Gasteiger partial charge >= 0.3 is 0 Å². The number of nitrogens with one attached hydrogen (secondary N) is 1. The summed E-state index contributed by atoms with van der Waals surface area (Å²) in [5.74, 6) is 3.45. The van der Waals surface area contributed by atoms with Gasteiger partial charge in [0, 0.05) is 19.3 Å². The summed E-state index contributed by atoms with van der Waals surface area (Å²) in [7, 11) is 2.02. The minimum atomic E-state index is 0.832. The molecule has 1 aromatic heterocycles. The molecule has 0 saturated heterocycles. The third-order valence-corrected chi connectivity index (χ3v) is 5.63. The van der Waals surface area contributed by atoms with Gasteiger partial charge in [-0.25, -0.2) is 0 Å². The van der Waals surface area contributed by atoms with E-state index < -0.39 is 0 Å². The Hall–Kier alpha value is -0.830. The first-order valence-electron chi connectivity index (χ1n) is 8.82. The van der Waals surface area contributed by atoms with E-state index >= 15 is 0 Å². The lowest BCUT2D eigenvalue weighted by atomic mass is 9.69. The second-order valence-corrected chi connectivity index (χ2v) is 7.75. The van der Waals surface area contributed by atoms with E-state index in [0.717, 1.165) is 29.7 Å². The van der Waals surface area contributed by atoms with Crippen LogP contribution in [0.1, 0.15) is 51.5 Å². The number of aromatic nitrogens is 2. The summed E-state index contributed by atoms with van der Waals surface area (Å²) in [5.41, 5.74) is 1.42. The Bertz CT molecular complexity index is 447. The monoisotopic (exact) mass is 289 g/mol. The molecule has 3 rings (SSSR count). The maximum absolute atomic E-state index is 4.35. The van der Waals surface area contributed by atoms with Gasteiger partial charge in [-0.15, -0.1) is 0 Å². The first-order chi connectivity index (χ1) is 10.1. The standard InChI is InChI=1S/C18H31N3/c1-13(2)15-4-5-16(11-19-18-6-7-18)17(9-15)8-14-10-20-21(3)12-14/h10,12-13,15-19H,4-9,11H2,1-3H3. The molecule has 0 aromatic carbocycles. The molecule has 21 heavy (non-hydrogen) atoms. The van der Waals surface area contributed by atoms with Crippen LogP contribution in [-0.2, 0) is 13.5 Å². The van der Waals surface area contributed by atoms with Crippen molar-refractivity contribution >= 4 is 0 Å². The predicted molar refractivity (Wildman–Crippen MR) is 87.1 cm³/mol. The molecular formula is C18H31N3. The zero-order valence-electron chi connectivity index (χ0n) is 13.9. The molecule has 1 heterocycles. The van der Waals surface area contributed by atoms with Gasteiger partial charge < -0.3 is 5.32 Å². The Morgan fingerprint density at radius 2 is 2.05 bits per heavy atom. The van der Waals surface area contributed by atoms with E-state index in [0.29, 0.717) is 0 Å². The van der Waals surface area contributed by atoms with Crippen LogP contribution in [0.5, 0.6) is 0 Å². The van der Waals surface area contributed by atoms with Crippen molar-refractivity contribution in [2.45, 2.75) is 58.4 Å². The maximum atomic E-state index is 4.35. The van der Waals surface area contributed by atoms with E-state index in [1.165, 1.54) is 50.6 Å². The van der Waals surface area contributed by atoms with Crippen LogP contribution in [0.3, 0.4) is 0 Å². The summed E-state index contributed by atoms with van der Waals surface area (Å²) in [6, 6.07) is 0.840. The first-order valence-corrected chi connectivity index (χ1v) is 8.82. The predicted octanol–water partition coefficient (Wildman–Crippen LogP) is 3.40. The molecule has 3 atom stereocenters. The van der Waals surface area contributed by atoms with E-state index in [-0.39, 0.29) is 0 Å². The summed E-state index contributed by atoms with van der Waals surface area (Å²) in [5, 5.41) is 8.12. The lowest BCUT2D eigenvalue weighted by Gasteiger charge is -2.38. The zero-order chi connectivity index (χ0) is 14.8. The summed E-state index contributed by atoms with van der Waals surface area (Å²) < 4.78 is 1.94. The summed E-state index contributed by atoms with van der Waals surface area (Å²) >= 11 is 0. The maximum Gasteiger partial charge on any atom is 0.0521 e. The van der Waals surface area contributed by atoms with Crippen LogP contribution in [0.25, 0.3) is 0 Å². The number of hydrogen-bond acceptors (Lipinski definition) is 2. The van der Waals surface area contributed by atoms with Crippen LogP contribution >= 0.6 is 0 Å². The topological polar surface area (TPSA) is 29.9 Å². The lowest BCUT2D eigenvalue weighted by molar-refractivity contribution is 0.144. The van der Waals surface area contributed by atoms with Crippen molar-refractivity contribution in [2.24, 2.45) is 30.7 Å². The Labute approximate surface area is 129 Å². The van der Waals surface area contributed by atoms with Gasteiger partial charge in [0.25, 0.3) is 0 Å². The Morgan fingerprint density at radius 3 is 2.67 bits per heavy atom. The van der Waals surface area contributed by atoms with E-state index in [9.17, 15) is 0 Å². The summed E-state index contributed by atoms with van der Waals surface area (Å²) in [4.78, 5) is 0.